The third kappa shape index (κ3) is 2.89. The molecule has 1 saturated heterocycles. The molecule has 1 unspecified atom stereocenters. The minimum absolute atomic E-state index is 0.0957. The van der Waals surface area contributed by atoms with Gasteiger partial charge < -0.3 is 10.1 Å². The van der Waals surface area contributed by atoms with E-state index in [2.05, 4.69) is 40.3 Å². The Hall–Kier alpha value is -0.750. The van der Waals surface area contributed by atoms with E-state index < -0.39 is 0 Å². The van der Waals surface area contributed by atoms with E-state index >= 15 is 0 Å². The first-order chi connectivity index (χ1) is 9.24. The number of halogens is 1. The van der Waals surface area contributed by atoms with Crippen LogP contribution >= 0.6 is 27.3 Å². The Kier molecular flexibility index (Phi) is 3.98. The Morgan fingerprint density at radius 3 is 3.11 bits per heavy atom. The minimum Gasteiger partial charge on any atom is -0.368 e. The standard InChI is InChI=1S/C14H15BrN2OS/c1-9-13(10-3-2-4-11(15)7-10)17-14(19-9)12-8-16-5-6-18-12/h2-4,7,12,16H,5-6,8H2,1H3. The average molecular weight is 339 g/mol. The molecule has 0 amide bonds. The number of benzene rings is 1. The van der Waals surface area contributed by atoms with Gasteiger partial charge in [0.15, 0.2) is 0 Å². The van der Waals surface area contributed by atoms with Crippen LogP contribution in [0.15, 0.2) is 28.7 Å². The lowest BCUT2D eigenvalue weighted by molar-refractivity contribution is 0.0276. The van der Waals surface area contributed by atoms with Crippen LogP contribution in [0.3, 0.4) is 0 Å². The number of nitrogens with one attached hydrogen (secondary N) is 1. The van der Waals surface area contributed by atoms with Gasteiger partial charge >= 0.3 is 0 Å². The van der Waals surface area contributed by atoms with Crippen molar-refractivity contribution in [2.45, 2.75) is 13.0 Å². The molecule has 0 saturated carbocycles. The molecular formula is C14H15BrN2OS. The number of nitrogens with zero attached hydrogens (tertiary/aromatic N) is 1. The van der Waals surface area contributed by atoms with E-state index in [0.29, 0.717) is 0 Å². The van der Waals surface area contributed by atoms with Crippen molar-refractivity contribution in [2.75, 3.05) is 19.7 Å². The van der Waals surface area contributed by atoms with Gasteiger partial charge in [-0.05, 0) is 19.1 Å². The van der Waals surface area contributed by atoms with Gasteiger partial charge in [-0.2, -0.15) is 0 Å². The van der Waals surface area contributed by atoms with Gasteiger partial charge in [0.2, 0.25) is 0 Å². The van der Waals surface area contributed by atoms with Crippen molar-refractivity contribution >= 4 is 27.3 Å². The van der Waals surface area contributed by atoms with Gasteiger partial charge in [0.25, 0.3) is 0 Å². The van der Waals surface area contributed by atoms with Crippen molar-refractivity contribution in [2.24, 2.45) is 0 Å². The van der Waals surface area contributed by atoms with Crippen molar-refractivity contribution in [3.63, 3.8) is 0 Å². The second kappa shape index (κ2) is 5.71. The van der Waals surface area contributed by atoms with E-state index in [-0.39, 0.29) is 6.10 Å². The molecular weight excluding hydrogens is 324 g/mol. The number of ether oxygens (including phenoxy) is 1. The summed E-state index contributed by atoms with van der Waals surface area (Å²) >= 11 is 5.24. The Morgan fingerprint density at radius 2 is 2.37 bits per heavy atom. The summed E-state index contributed by atoms with van der Waals surface area (Å²) in [7, 11) is 0. The highest BCUT2D eigenvalue weighted by atomic mass is 79.9. The smallest absolute Gasteiger partial charge is 0.124 e. The van der Waals surface area contributed by atoms with Crippen LogP contribution in [-0.2, 0) is 4.74 Å². The summed E-state index contributed by atoms with van der Waals surface area (Å²) in [5, 5.41) is 4.41. The van der Waals surface area contributed by atoms with Gasteiger partial charge in [0.05, 0.1) is 12.3 Å². The van der Waals surface area contributed by atoms with Crippen LogP contribution in [-0.4, -0.2) is 24.7 Å². The Balaban J connectivity index is 1.92. The number of morpholine rings is 1. The fourth-order valence-electron chi connectivity index (χ4n) is 2.18. The molecule has 5 heteroatoms. The topological polar surface area (TPSA) is 34.1 Å². The monoisotopic (exact) mass is 338 g/mol. The Bertz CT molecular complexity index is 579. The molecule has 1 aliphatic heterocycles. The molecule has 0 spiro atoms. The predicted octanol–water partition coefficient (Wildman–Crippen LogP) is 3.54. The van der Waals surface area contributed by atoms with Crippen molar-refractivity contribution in [3.05, 3.63) is 38.6 Å². The summed E-state index contributed by atoms with van der Waals surface area (Å²) in [4.78, 5) is 6.02. The van der Waals surface area contributed by atoms with Crippen LogP contribution in [0.25, 0.3) is 11.3 Å². The van der Waals surface area contributed by atoms with Gasteiger partial charge in [-0.25, -0.2) is 4.98 Å². The molecule has 100 valence electrons. The first-order valence-electron chi connectivity index (χ1n) is 6.29. The third-order valence-corrected chi connectivity index (χ3v) is 4.67. The highest BCUT2D eigenvalue weighted by Crippen LogP contribution is 2.33. The summed E-state index contributed by atoms with van der Waals surface area (Å²) in [6.45, 7) is 4.66. The lowest BCUT2D eigenvalue weighted by atomic mass is 10.1. The van der Waals surface area contributed by atoms with E-state index in [1.165, 1.54) is 4.88 Å². The number of hydrogen-bond acceptors (Lipinski definition) is 4. The van der Waals surface area contributed by atoms with E-state index in [4.69, 9.17) is 9.72 Å². The molecule has 1 aliphatic rings. The highest BCUT2D eigenvalue weighted by Gasteiger charge is 2.21. The summed E-state index contributed by atoms with van der Waals surface area (Å²) in [5.74, 6) is 0. The lowest BCUT2D eigenvalue weighted by Crippen LogP contribution is -2.33. The Morgan fingerprint density at radius 1 is 1.47 bits per heavy atom. The number of thiazole rings is 1. The molecule has 1 aromatic carbocycles. The van der Waals surface area contributed by atoms with E-state index in [9.17, 15) is 0 Å². The third-order valence-electron chi connectivity index (χ3n) is 3.11. The van der Waals surface area contributed by atoms with Crippen LogP contribution in [0.2, 0.25) is 0 Å². The van der Waals surface area contributed by atoms with Crippen molar-refractivity contribution in [3.8, 4) is 11.3 Å². The van der Waals surface area contributed by atoms with Crippen LogP contribution in [0.1, 0.15) is 16.0 Å². The van der Waals surface area contributed by atoms with Crippen LogP contribution in [0.4, 0.5) is 0 Å². The summed E-state index contributed by atoms with van der Waals surface area (Å²) in [6, 6.07) is 8.26. The fourth-order valence-corrected chi connectivity index (χ4v) is 3.58. The van der Waals surface area contributed by atoms with Crippen LogP contribution < -0.4 is 5.32 Å². The second-order valence-corrected chi connectivity index (χ2v) is 6.68. The van der Waals surface area contributed by atoms with Gasteiger partial charge in [-0.15, -0.1) is 11.3 Å². The first kappa shape index (κ1) is 13.2. The molecule has 0 aliphatic carbocycles. The quantitative estimate of drug-likeness (QED) is 0.909. The maximum atomic E-state index is 5.77. The van der Waals surface area contributed by atoms with Crippen molar-refractivity contribution in [1.82, 2.24) is 10.3 Å². The summed E-state index contributed by atoms with van der Waals surface area (Å²) < 4.78 is 6.85. The zero-order valence-electron chi connectivity index (χ0n) is 10.6. The van der Waals surface area contributed by atoms with E-state index in [1.807, 2.05) is 12.1 Å². The molecule has 0 bridgehead atoms. The molecule has 19 heavy (non-hydrogen) atoms. The number of aryl methyl sites for hydroxylation is 1. The maximum Gasteiger partial charge on any atom is 0.124 e. The van der Waals surface area contributed by atoms with Gasteiger partial charge in [-0.3, -0.25) is 0 Å². The average Bonchev–Trinajstić information content (AvgIpc) is 2.82. The largest absolute Gasteiger partial charge is 0.368 e. The maximum absolute atomic E-state index is 5.77. The molecule has 3 rings (SSSR count). The van der Waals surface area contributed by atoms with E-state index in [0.717, 1.165) is 40.4 Å². The van der Waals surface area contributed by atoms with E-state index in [1.54, 1.807) is 11.3 Å². The zero-order valence-corrected chi connectivity index (χ0v) is 13.1. The van der Waals surface area contributed by atoms with Gasteiger partial charge in [-0.1, -0.05) is 28.1 Å². The normalized spacial score (nSPS) is 19.6. The van der Waals surface area contributed by atoms with Crippen LogP contribution in [0, 0.1) is 6.92 Å². The molecule has 1 aromatic heterocycles. The number of hydrogen-bond donors (Lipinski definition) is 1. The number of aromatic nitrogens is 1. The number of rotatable bonds is 2. The molecule has 1 fully saturated rings. The lowest BCUT2D eigenvalue weighted by Gasteiger charge is -2.21. The van der Waals surface area contributed by atoms with Crippen molar-refractivity contribution < 1.29 is 4.74 Å². The molecule has 1 N–H and O–H groups in total. The molecule has 2 aromatic rings. The first-order valence-corrected chi connectivity index (χ1v) is 7.90. The second-order valence-electron chi connectivity index (χ2n) is 4.53. The summed E-state index contributed by atoms with van der Waals surface area (Å²) in [5.41, 5.74) is 2.22. The Labute approximate surface area is 125 Å². The predicted molar refractivity (Wildman–Crippen MR) is 81.5 cm³/mol. The summed E-state index contributed by atoms with van der Waals surface area (Å²) in [6.07, 6.45) is 0.0957. The SMILES string of the molecule is Cc1sc(C2CNCCO2)nc1-c1cccc(Br)c1. The molecule has 3 nitrogen and oxygen atoms in total. The van der Waals surface area contributed by atoms with Gasteiger partial charge in [0, 0.05) is 28.0 Å². The molecule has 0 radical (unpaired) electrons. The van der Waals surface area contributed by atoms with Crippen molar-refractivity contribution in [1.29, 1.82) is 0 Å². The zero-order chi connectivity index (χ0) is 13.2. The molecule has 2 heterocycles. The highest BCUT2D eigenvalue weighted by molar-refractivity contribution is 9.10. The van der Waals surface area contributed by atoms with Gasteiger partial charge in [0.1, 0.15) is 11.1 Å². The fraction of sp³-hybridized carbons (Fsp3) is 0.357. The molecule has 1 atom stereocenters. The minimum atomic E-state index is 0.0957. The van der Waals surface area contributed by atoms with Crippen LogP contribution in [0.5, 0.6) is 0 Å².